The molecule has 102 valence electrons. The van der Waals surface area contributed by atoms with Gasteiger partial charge in [-0.05, 0) is 56.9 Å². The van der Waals surface area contributed by atoms with Crippen LogP contribution in [-0.4, -0.2) is 34.5 Å². The summed E-state index contributed by atoms with van der Waals surface area (Å²) < 4.78 is 0. The van der Waals surface area contributed by atoms with E-state index < -0.39 is 0 Å². The molecule has 0 aliphatic carbocycles. The van der Waals surface area contributed by atoms with Gasteiger partial charge in [0.15, 0.2) is 0 Å². The average molecular weight is 257 g/mol. The Morgan fingerprint density at radius 3 is 2.84 bits per heavy atom. The van der Waals surface area contributed by atoms with Crippen molar-refractivity contribution in [3.8, 4) is 0 Å². The monoisotopic (exact) mass is 257 g/mol. The molecule has 1 aromatic heterocycles. The van der Waals surface area contributed by atoms with Gasteiger partial charge in [-0.25, -0.2) is 4.98 Å². The zero-order valence-electron chi connectivity index (χ0n) is 11.7. The molecule has 1 N–H and O–H groups in total. The van der Waals surface area contributed by atoms with Crippen LogP contribution < -0.4 is 0 Å². The average Bonchev–Trinajstić information content (AvgIpc) is 2.83. The summed E-state index contributed by atoms with van der Waals surface area (Å²) in [5.74, 6) is 2.05. The number of para-hydroxylation sites is 2. The lowest BCUT2D eigenvalue weighted by Crippen LogP contribution is -2.33. The molecule has 1 aliphatic rings. The molecule has 0 amide bonds. The van der Waals surface area contributed by atoms with Crippen LogP contribution in [0.25, 0.3) is 11.0 Å². The summed E-state index contributed by atoms with van der Waals surface area (Å²) in [4.78, 5) is 10.6. The summed E-state index contributed by atoms with van der Waals surface area (Å²) >= 11 is 0. The quantitative estimate of drug-likeness (QED) is 0.912. The van der Waals surface area contributed by atoms with Crippen LogP contribution in [0.15, 0.2) is 24.3 Å². The van der Waals surface area contributed by atoms with Crippen molar-refractivity contribution in [1.29, 1.82) is 0 Å². The van der Waals surface area contributed by atoms with Crippen LogP contribution in [0.1, 0.15) is 32.0 Å². The number of imidazole rings is 1. The maximum atomic E-state index is 4.63. The Labute approximate surface area is 115 Å². The smallest absolute Gasteiger partial charge is 0.107 e. The summed E-state index contributed by atoms with van der Waals surface area (Å²) in [6, 6.07) is 8.26. The van der Waals surface area contributed by atoms with Crippen LogP contribution in [0, 0.1) is 5.92 Å². The van der Waals surface area contributed by atoms with Gasteiger partial charge in [0, 0.05) is 6.42 Å². The number of fused-ring (bicyclic) bond motifs is 1. The first-order valence-corrected chi connectivity index (χ1v) is 7.47. The van der Waals surface area contributed by atoms with Crippen molar-refractivity contribution in [1.82, 2.24) is 14.9 Å². The molecule has 3 heteroatoms. The van der Waals surface area contributed by atoms with Gasteiger partial charge in [-0.15, -0.1) is 0 Å². The van der Waals surface area contributed by atoms with Gasteiger partial charge < -0.3 is 9.88 Å². The molecule has 0 spiro atoms. The van der Waals surface area contributed by atoms with Gasteiger partial charge in [-0.2, -0.15) is 0 Å². The number of aromatic amines is 1. The minimum absolute atomic E-state index is 0.923. The zero-order valence-corrected chi connectivity index (χ0v) is 11.7. The van der Waals surface area contributed by atoms with Crippen molar-refractivity contribution in [2.75, 3.05) is 19.6 Å². The molecule has 0 bridgehead atoms. The predicted octanol–water partition coefficient (Wildman–Crippen LogP) is 3.23. The minimum Gasteiger partial charge on any atom is -0.342 e. The summed E-state index contributed by atoms with van der Waals surface area (Å²) in [6.07, 6.45) is 4.99. The van der Waals surface area contributed by atoms with E-state index in [0.29, 0.717) is 0 Å². The number of nitrogens with one attached hydrogen (secondary N) is 1. The molecule has 0 radical (unpaired) electrons. The number of aryl methyl sites for hydroxylation is 1. The third-order valence-electron chi connectivity index (χ3n) is 4.20. The molecule has 3 rings (SSSR count). The molecule has 1 fully saturated rings. The van der Waals surface area contributed by atoms with Crippen molar-refractivity contribution in [3.63, 3.8) is 0 Å². The highest BCUT2D eigenvalue weighted by atomic mass is 15.1. The van der Waals surface area contributed by atoms with E-state index in [2.05, 4.69) is 40.0 Å². The number of hydrogen-bond acceptors (Lipinski definition) is 2. The molecule has 3 nitrogen and oxygen atoms in total. The van der Waals surface area contributed by atoms with Gasteiger partial charge in [0.2, 0.25) is 0 Å². The lowest BCUT2D eigenvalue weighted by Gasteiger charge is -2.29. The molecular formula is C16H23N3. The highest BCUT2D eigenvalue weighted by Gasteiger charge is 2.15. The summed E-state index contributed by atoms with van der Waals surface area (Å²) in [5.41, 5.74) is 2.24. The first-order valence-electron chi connectivity index (χ1n) is 7.47. The van der Waals surface area contributed by atoms with Gasteiger partial charge in [-0.3, -0.25) is 0 Å². The number of likely N-dealkylation sites (tertiary alicyclic amines) is 1. The Hall–Kier alpha value is -1.35. The molecule has 0 atom stereocenters. The number of nitrogens with zero attached hydrogens (tertiary/aromatic N) is 2. The van der Waals surface area contributed by atoms with E-state index in [0.717, 1.165) is 29.2 Å². The fourth-order valence-corrected chi connectivity index (χ4v) is 2.88. The Morgan fingerprint density at radius 2 is 2.05 bits per heavy atom. The lowest BCUT2D eigenvalue weighted by molar-refractivity contribution is 0.190. The third-order valence-corrected chi connectivity index (χ3v) is 4.20. The molecular weight excluding hydrogens is 234 g/mol. The largest absolute Gasteiger partial charge is 0.342 e. The first kappa shape index (κ1) is 12.7. The van der Waals surface area contributed by atoms with Crippen LogP contribution in [0.5, 0.6) is 0 Å². The minimum atomic E-state index is 0.923. The second kappa shape index (κ2) is 5.74. The number of H-pyrrole nitrogens is 1. The maximum absolute atomic E-state index is 4.63. The van der Waals surface area contributed by atoms with E-state index >= 15 is 0 Å². The molecule has 1 saturated heterocycles. The van der Waals surface area contributed by atoms with Crippen LogP contribution in [0.4, 0.5) is 0 Å². The molecule has 0 unspecified atom stereocenters. The van der Waals surface area contributed by atoms with Crippen molar-refractivity contribution in [2.45, 2.75) is 32.6 Å². The predicted molar refractivity (Wildman–Crippen MR) is 79.3 cm³/mol. The molecule has 1 aliphatic heterocycles. The van der Waals surface area contributed by atoms with Crippen LogP contribution >= 0.6 is 0 Å². The van der Waals surface area contributed by atoms with Gasteiger partial charge in [0.1, 0.15) is 5.82 Å². The second-order valence-corrected chi connectivity index (χ2v) is 5.83. The molecule has 19 heavy (non-hydrogen) atoms. The maximum Gasteiger partial charge on any atom is 0.107 e. The molecule has 1 aromatic carbocycles. The van der Waals surface area contributed by atoms with Gasteiger partial charge in [0.05, 0.1) is 11.0 Å². The van der Waals surface area contributed by atoms with E-state index in [-0.39, 0.29) is 0 Å². The SMILES string of the molecule is CC1CCN(CCCc2nc3ccccc3[nH]2)CC1. The first-order chi connectivity index (χ1) is 9.31. The number of rotatable bonds is 4. The van der Waals surface area contributed by atoms with Crippen LogP contribution in [-0.2, 0) is 6.42 Å². The lowest BCUT2D eigenvalue weighted by atomic mass is 9.99. The van der Waals surface area contributed by atoms with Crippen molar-refractivity contribution < 1.29 is 0 Å². The Morgan fingerprint density at radius 1 is 1.26 bits per heavy atom. The Kier molecular flexibility index (Phi) is 3.83. The number of benzene rings is 1. The number of hydrogen-bond donors (Lipinski definition) is 1. The standard InChI is InChI=1S/C16H23N3/c1-13-8-11-19(12-9-13)10-4-7-16-17-14-5-2-3-6-15(14)18-16/h2-3,5-6,13H,4,7-12H2,1H3,(H,17,18). The molecule has 2 heterocycles. The van der Waals surface area contributed by atoms with Crippen LogP contribution in [0.3, 0.4) is 0 Å². The van der Waals surface area contributed by atoms with Crippen molar-refractivity contribution in [3.05, 3.63) is 30.1 Å². The number of aromatic nitrogens is 2. The fourth-order valence-electron chi connectivity index (χ4n) is 2.88. The van der Waals surface area contributed by atoms with E-state index in [9.17, 15) is 0 Å². The van der Waals surface area contributed by atoms with Crippen molar-refractivity contribution in [2.24, 2.45) is 5.92 Å². The molecule has 0 saturated carbocycles. The van der Waals surface area contributed by atoms with Gasteiger partial charge in [0.25, 0.3) is 0 Å². The molecule has 2 aromatic rings. The van der Waals surface area contributed by atoms with E-state index in [1.54, 1.807) is 0 Å². The zero-order chi connectivity index (χ0) is 13.1. The van der Waals surface area contributed by atoms with Gasteiger partial charge in [-0.1, -0.05) is 19.1 Å². The Balaban J connectivity index is 1.49. The summed E-state index contributed by atoms with van der Waals surface area (Å²) in [5, 5.41) is 0. The van der Waals surface area contributed by atoms with E-state index in [1.807, 2.05) is 6.07 Å². The summed E-state index contributed by atoms with van der Waals surface area (Å²) in [6.45, 7) is 6.14. The van der Waals surface area contributed by atoms with Crippen LogP contribution in [0.2, 0.25) is 0 Å². The Bertz CT molecular complexity index is 491. The highest BCUT2D eigenvalue weighted by molar-refractivity contribution is 5.74. The number of piperidine rings is 1. The second-order valence-electron chi connectivity index (χ2n) is 5.83. The topological polar surface area (TPSA) is 31.9 Å². The van der Waals surface area contributed by atoms with E-state index in [4.69, 9.17) is 0 Å². The summed E-state index contributed by atoms with van der Waals surface area (Å²) in [7, 11) is 0. The normalized spacial score (nSPS) is 18.2. The van der Waals surface area contributed by atoms with Crippen molar-refractivity contribution >= 4 is 11.0 Å². The third kappa shape index (κ3) is 3.16. The van der Waals surface area contributed by atoms with E-state index in [1.165, 1.54) is 38.9 Å². The van der Waals surface area contributed by atoms with Gasteiger partial charge >= 0.3 is 0 Å². The fraction of sp³-hybridized carbons (Fsp3) is 0.562. The highest BCUT2D eigenvalue weighted by Crippen LogP contribution is 2.16.